The Morgan fingerprint density at radius 3 is 2.71 bits per heavy atom. The Morgan fingerprint density at radius 2 is 2.00 bits per heavy atom. The van der Waals surface area contributed by atoms with E-state index in [4.69, 9.17) is 27.9 Å². The lowest BCUT2D eigenvalue weighted by Gasteiger charge is -2.10. The van der Waals surface area contributed by atoms with Crippen molar-refractivity contribution in [3.8, 4) is 0 Å². The summed E-state index contributed by atoms with van der Waals surface area (Å²) in [5.41, 5.74) is 1.95. The minimum atomic E-state index is -0.495. The van der Waals surface area contributed by atoms with E-state index in [1.165, 1.54) is 7.11 Å². The molecule has 1 N–H and O–H groups in total. The van der Waals surface area contributed by atoms with Crippen LogP contribution in [0.5, 0.6) is 0 Å². The highest BCUT2D eigenvalue weighted by atomic mass is 79.9. The largest absolute Gasteiger partial charge is 0.464 e. The first kappa shape index (κ1) is 18.9. The number of carbonyl (C=O) groups is 1. The first-order valence-corrected chi connectivity index (χ1v) is 8.64. The molecule has 0 aromatic carbocycles. The molecule has 2 aromatic rings. The molecule has 0 aliphatic carbocycles. The molecule has 0 atom stereocenters. The summed E-state index contributed by atoms with van der Waals surface area (Å²) < 4.78 is 5.28. The second-order valence-corrected chi connectivity index (χ2v) is 6.50. The van der Waals surface area contributed by atoms with Crippen molar-refractivity contribution < 1.29 is 9.53 Å². The number of carbonyl (C=O) groups excluding carboxylic acids is 1. The fourth-order valence-electron chi connectivity index (χ4n) is 2.06. The summed E-state index contributed by atoms with van der Waals surface area (Å²) in [5.74, 6) is 0.0951. The van der Waals surface area contributed by atoms with E-state index in [2.05, 4.69) is 36.4 Å². The fraction of sp³-hybridized carbons (Fsp3) is 0.333. The van der Waals surface area contributed by atoms with Crippen molar-refractivity contribution in [1.29, 1.82) is 0 Å². The number of anilines is 1. The molecular weight excluding hydrogens is 419 g/mol. The number of pyridine rings is 1. The van der Waals surface area contributed by atoms with Gasteiger partial charge in [-0.25, -0.2) is 9.78 Å². The standard InChI is InChI=1S/C15H15BrCl2N4O2/c1-8-9(14(18)22-21-13(8)17)4-3-7-19-11-6-5-10(16)12(20-11)15(23)24-2/h5-6H,3-4,7H2,1-2H3,(H,19,20). The number of nitrogens with zero attached hydrogens (tertiary/aromatic N) is 3. The van der Waals surface area contributed by atoms with Gasteiger partial charge in [0.2, 0.25) is 0 Å². The summed E-state index contributed by atoms with van der Waals surface area (Å²) >= 11 is 15.3. The van der Waals surface area contributed by atoms with Gasteiger partial charge in [-0.3, -0.25) is 0 Å². The number of hydrogen-bond acceptors (Lipinski definition) is 6. The molecule has 0 saturated carbocycles. The van der Waals surface area contributed by atoms with Crippen LogP contribution in [0.3, 0.4) is 0 Å². The molecule has 0 unspecified atom stereocenters. The van der Waals surface area contributed by atoms with Gasteiger partial charge in [0.15, 0.2) is 16.0 Å². The number of ether oxygens (including phenoxy) is 1. The number of halogens is 3. The molecule has 0 aliphatic rings. The number of esters is 1. The van der Waals surface area contributed by atoms with Gasteiger partial charge in [-0.1, -0.05) is 23.2 Å². The van der Waals surface area contributed by atoms with Gasteiger partial charge in [0.05, 0.1) is 11.6 Å². The number of nitrogens with one attached hydrogen (secondary N) is 1. The van der Waals surface area contributed by atoms with Crippen molar-refractivity contribution in [2.45, 2.75) is 19.8 Å². The highest BCUT2D eigenvalue weighted by Crippen LogP contribution is 2.23. The summed E-state index contributed by atoms with van der Waals surface area (Å²) in [4.78, 5) is 15.9. The Kier molecular flexibility index (Phi) is 6.77. The molecule has 0 saturated heterocycles. The van der Waals surface area contributed by atoms with Crippen LogP contribution in [0.15, 0.2) is 16.6 Å². The maximum atomic E-state index is 11.6. The van der Waals surface area contributed by atoms with Crippen LogP contribution >= 0.6 is 39.1 Å². The van der Waals surface area contributed by atoms with Crippen LogP contribution in [0.4, 0.5) is 5.82 Å². The average molecular weight is 434 g/mol. The van der Waals surface area contributed by atoms with Crippen molar-refractivity contribution in [3.63, 3.8) is 0 Å². The monoisotopic (exact) mass is 432 g/mol. The predicted molar refractivity (Wildman–Crippen MR) is 96.9 cm³/mol. The normalized spacial score (nSPS) is 10.5. The first-order valence-electron chi connectivity index (χ1n) is 7.10. The summed E-state index contributed by atoms with van der Waals surface area (Å²) in [6.45, 7) is 2.51. The zero-order chi connectivity index (χ0) is 17.7. The highest BCUT2D eigenvalue weighted by Gasteiger charge is 2.13. The number of rotatable bonds is 6. The summed E-state index contributed by atoms with van der Waals surface area (Å²) in [5, 5.41) is 11.5. The molecule has 128 valence electrons. The van der Waals surface area contributed by atoms with Crippen LogP contribution in [0.25, 0.3) is 0 Å². The molecule has 0 radical (unpaired) electrons. The zero-order valence-electron chi connectivity index (χ0n) is 13.1. The molecule has 0 fully saturated rings. The van der Waals surface area contributed by atoms with Crippen LogP contribution in [0.2, 0.25) is 10.3 Å². The SMILES string of the molecule is COC(=O)c1nc(NCCCc2c(Cl)nnc(Cl)c2C)ccc1Br. The van der Waals surface area contributed by atoms with Gasteiger partial charge < -0.3 is 10.1 Å². The molecule has 2 heterocycles. The van der Waals surface area contributed by atoms with Gasteiger partial charge in [-0.15, -0.1) is 10.2 Å². The van der Waals surface area contributed by atoms with Gasteiger partial charge >= 0.3 is 5.97 Å². The van der Waals surface area contributed by atoms with Crippen LogP contribution in [-0.2, 0) is 11.2 Å². The molecule has 24 heavy (non-hydrogen) atoms. The minimum absolute atomic E-state index is 0.228. The molecule has 0 aliphatic heterocycles. The third kappa shape index (κ3) is 4.55. The van der Waals surface area contributed by atoms with Crippen LogP contribution in [0, 0.1) is 6.92 Å². The van der Waals surface area contributed by atoms with E-state index in [9.17, 15) is 4.79 Å². The summed E-state index contributed by atoms with van der Waals surface area (Å²) in [7, 11) is 1.32. The number of methoxy groups -OCH3 is 1. The third-order valence-corrected chi connectivity index (χ3v) is 4.67. The molecule has 0 bridgehead atoms. The third-order valence-electron chi connectivity index (χ3n) is 3.37. The number of aromatic nitrogens is 3. The topological polar surface area (TPSA) is 77.0 Å². The Balaban J connectivity index is 1.96. The van der Waals surface area contributed by atoms with Crippen molar-refractivity contribution >= 4 is 50.9 Å². The number of hydrogen-bond donors (Lipinski definition) is 1. The van der Waals surface area contributed by atoms with Crippen LogP contribution < -0.4 is 5.32 Å². The van der Waals surface area contributed by atoms with E-state index in [0.29, 0.717) is 33.6 Å². The maximum Gasteiger partial charge on any atom is 0.357 e. The minimum Gasteiger partial charge on any atom is -0.464 e. The van der Waals surface area contributed by atoms with Gasteiger partial charge in [-0.05, 0) is 59.0 Å². The molecule has 9 heteroatoms. The lowest BCUT2D eigenvalue weighted by atomic mass is 10.1. The van der Waals surface area contributed by atoms with Gasteiger partial charge in [0, 0.05) is 6.54 Å². The Labute approximate surface area is 158 Å². The lowest BCUT2D eigenvalue weighted by Crippen LogP contribution is -2.10. The van der Waals surface area contributed by atoms with E-state index >= 15 is 0 Å². The molecule has 0 spiro atoms. The van der Waals surface area contributed by atoms with Crippen LogP contribution in [0.1, 0.15) is 28.0 Å². The molecular formula is C15H15BrCl2N4O2. The Morgan fingerprint density at radius 1 is 1.29 bits per heavy atom. The van der Waals surface area contributed by atoms with E-state index in [1.54, 1.807) is 12.1 Å². The van der Waals surface area contributed by atoms with E-state index in [-0.39, 0.29) is 5.69 Å². The lowest BCUT2D eigenvalue weighted by molar-refractivity contribution is 0.0593. The van der Waals surface area contributed by atoms with Gasteiger partial charge in [0.25, 0.3) is 0 Å². The summed E-state index contributed by atoms with van der Waals surface area (Å²) in [6.07, 6.45) is 1.49. The summed E-state index contributed by atoms with van der Waals surface area (Å²) in [6, 6.07) is 3.52. The van der Waals surface area contributed by atoms with Crippen molar-refractivity contribution in [1.82, 2.24) is 15.2 Å². The smallest absolute Gasteiger partial charge is 0.357 e. The van der Waals surface area contributed by atoms with E-state index in [0.717, 1.165) is 17.5 Å². The molecule has 0 amide bonds. The molecule has 2 rings (SSSR count). The average Bonchev–Trinajstić information content (AvgIpc) is 2.58. The zero-order valence-corrected chi connectivity index (χ0v) is 16.2. The molecule has 6 nitrogen and oxygen atoms in total. The predicted octanol–water partition coefficient (Wildman–Crippen LogP) is 4.08. The fourth-order valence-corrected chi connectivity index (χ4v) is 2.86. The Hall–Kier alpha value is -1.44. The van der Waals surface area contributed by atoms with Crippen molar-refractivity contribution in [3.05, 3.63) is 43.7 Å². The van der Waals surface area contributed by atoms with Crippen molar-refractivity contribution in [2.75, 3.05) is 19.0 Å². The van der Waals surface area contributed by atoms with E-state index < -0.39 is 5.97 Å². The Bertz CT molecular complexity index is 758. The molecule has 2 aromatic heterocycles. The highest BCUT2D eigenvalue weighted by molar-refractivity contribution is 9.10. The van der Waals surface area contributed by atoms with Crippen LogP contribution in [-0.4, -0.2) is 34.8 Å². The van der Waals surface area contributed by atoms with E-state index in [1.807, 2.05) is 6.92 Å². The maximum absolute atomic E-state index is 11.6. The van der Waals surface area contributed by atoms with Gasteiger partial charge in [-0.2, -0.15) is 0 Å². The second-order valence-electron chi connectivity index (χ2n) is 4.93. The first-order chi connectivity index (χ1) is 11.4. The quantitative estimate of drug-likeness (QED) is 0.546. The second kappa shape index (κ2) is 8.60. The van der Waals surface area contributed by atoms with Crippen molar-refractivity contribution in [2.24, 2.45) is 0 Å². The van der Waals surface area contributed by atoms with Gasteiger partial charge in [0.1, 0.15) is 5.82 Å².